The summed E-state index contributed by atoms with van der Waals surface area (Å²) in [5.74, 6) is 0. The summed E-state index contributed by atoms with van der Waals surface area (Å²) < 4.78 is 0. The van der Waals surface area contributed by atoms with E-state index in [0.29, 0.717) is 6.04 Å². The maximum atomic E-state index is 12.1. The molecule has 0 aromatic heterocycles. The van der Waals surface area contributed by atoms with Crippen LogP contribution in [0.15, 0.2) is 24.3 Å². The summed E-state index contributed by atoms with van der Waals surface area (Å²) in [5.41, 5.74) is 1.96. The van der Waals surface area contributed by atoms with Gasteiger partial charge < -0.3 is 15.7 Å². The zero-order valence-electron chi connectivity index (χ0n) is 13.8. The Balaban J connectivity index is 1.44. The van der Waals surface area contributed by atoms with Crippen molar-refractivity contribution in [2.24, 2.45) is 0 Å². The minimum atomic E-state index is -0.163. The molecule has 5 heteroatoms. The summed E-state index contributed by atoms with van der Waals surface area (Å²) >= 11 is 0. The Morgan fingerprint density at radius 1 is 1.22 bits per heavy atom. The summed E-state index contributed by atoms with van der Waals surface area (Å²) in [7, 11) is 0. The van der Waals surface area contributed by atoms with Gasteiger partial charge in [-0.25, -0.2) is 4.79 Å². The Bertz CT molecular complexity index is 541. The molecule has 2 aliphatic rings. The number of aliphatic hydroxyl groups excluding tert-OH is 1. The molecule has 0 radical (unpaired) electrons. The lowest BCUT2D eigenvalue weighted by atomic mass is 10.0. The third kappa shape index (κ3) is 4.24. The van der Waals surface area contributed by atoms with Crippen molar-refractivity contribution in [1.29, 1.82) is 0 Å². The van der Waals surface area contributed by atoms with Crippen molar-refractivity contribution in [2.75, 3.05) is 18.4 Å². The number of likely N-dealkylation sites (tertiary alicyclic amines) is 1. The number of hydrogen-bond donors (Lipinski definition) is 3. The van der Waals surface area contributed by atoms with Gasteiger partial charge in [0.2, 0.25) is 0 Å². The first-order valence-electron chi connectivity index (χ1n) is 8.68. The van der Waals surface area contributed by atoms with Gasteiger partial charge in [0.05, 0.1) is 6.10 Å². The Morgan fingerprint density at radius 2 is 2.00 bits per heavy atom. The van der Waals surface area contributed by atoms with Crippen LogP contribution in [0.3, 0.4) is 0 Å². The Morgan fingerprint density at radius 3 is 2.65 bits per heavy atom. The van der Waals surface area contributed by atoms with Crippen molar-refractivity contribution >= 4 is 11.7 Å². The fourth-order valence-electron chi connectivity index (χ4n) is 3.80. The van der Waals surface area contributed by atoms with Gasteiger partial charge in [-0.3, -0.25) is 4.90 Å². The lowest BCUT2D eigenvalue weighted by molar-refractivity contribution is 0.0537. The molecule has 2 amide bonds. The molecule has 2 fully saturated rings. The van der Waals surface area contributed by atoms with Crippen LogP contribution in [0.1, 0.15) is 37.7 Å². The van der Waals surface area contributed by atoms with E-state index in [1.807, 2.05) is 31.2 Å². The number of carbonyl (C=O) groups is 1. The maximum Gasteiger partial charge on any atom is 0.319 e. The van der Waals surface area contributed by atoms with Crippen LogP contribution >= 0.6 is 0 Å². The zero-order chi connectivity index (χ0) is 16.2. The summed E-state index contributed by atoms with van der Waals surface area (Å²) in [5, 5.41) is 16.0. The molecule has 1 saturated carbocycles. The van der Waals surface area contributed by atoms with Crippen molar-refractivity contribution in [2.45, 2.75) is 57.2 Å². The normalized spacial score (nSPS) is 26.2. The highest BCUT2D eigenvalue weighted by Gasteiger charge is 2.33. The van der Waals surface area contributed by atoms with Crippen LogP contribution in [0.2, 0.25) is 0 Å². The molecule has 1 aromatic carbocycles. The molecule has 5 nitrogen and oxygen atoms in total. The van der Waals surface area contributed by atoms with Gasteiger partial charge in [0.1, 0.15) is 0 Å². The maximum absolute atomic E-state index is 12.1. The average Bonchev–Trinajstić information content (AvgIpc) is 2.94. The van der Waals surface area contributed by atoms with Gasteiger partial charge in [-0.1, -0.05) is 12.1 Å². The van der Waals surface area contributed by atoms with Crippen LogP contribution in [0.4, 0.5) is 10.5 Å². The molecule has 0 spiro atoms. The van der Waals surface area contributed by atoms with E-state index in [2.05, 4.69) is 15.5 Å². The van der Waals surface area contributed by atoms with Crippen molar-refractivity contribution in [3.05, 3.63) is 29.8 Å². The molecule has 1 aromatic rings. The predicted molar refractivity (Wildman–Crippen MR) is 91.6 cm³/mol. The van der Waals surface area contributed by atoms with Crippen LogP contribution in [0, 0.1) is 6.92 Å². The molecule has 1 aliphatic carbocycles. The first-order chi connectivity index (χ1) is 11.1. The summed E-state index contributed by atoms with van der Waals surface area (Å²) in [4.78, 5) is 14.5. The molecule has 2 atom stereocenters. The number of nitrogens with one attached hydrogen (secondary N) is 2. The number of piperidine rings is 1. The first-order valence-corrected chi connectivity index (χ1v) is 8.68. The molecule has 3 N–H and O–H groups in total. The van der Waals surface area contributed by atoms with Crippen LogP contribution < -0.4 is 10.6 Å². The highest BCUT2D eigenvalue weighted by atomic mass is 16.3. The Hall–Kier alpha value is -1.59. The molecule has 1 heterocycles. The van der Waals surface area contributed by atoms with E-state index in [9.17, 15) is 9.90 Å². The third-order valence-corrected chi connectivity index (χ3v) is 5.05. The smallest absolute Gasteiger partial charge is 0.319 e. The van der Waals surface area contributed by atoms with Gasteiger partial charge in [-0.15, -0.1) is 0 Å². The van der Waals surface area contributed by atoms with Crippen LogP contribution in [0.25, 0.3) is 0 Å². The molecular formula is C18H27N3O2. The van der Waals surface area contributed by atoms with Gasteiger partial charge in [-0.2, -0.15) is 0 Å². The van der Waals surface area contributed by atoms with E-state index in [0.717, 1.165) is 56.4 Å². The Kier molecular flexibility index (Phi) is 5.18. The van der Waals surface area contributed by atoms with E-state index in [4.69, 9.17) is 0 Å². The van der Waals surface area contributed by atoms with Gasteiger partial charge in [0.15, 0.2) is 0 Å². The van der Waals surface area contributed by atoms with Gasteiger partial charge >= 0.3 is 6.03 Å². The SMILES string of the molecule is Cc1cccc(NC(=O)NC2CCN([C@H]3CCC[C@H]3O)CC2)c1. The van der Waals surface area contributed by atoms with E-state index in [1.54, 1.807) is 0 Å². The van der Waals surface area contributed by atoms with Crippen molar-refractivity contribution in [3.63, 3.8) is 0 Å². The average molecular weight is 317 g/mol. The highest BCUT2D eigenvalue weighted by Crippen LogP contribution is 2.26. The van der Waals surface area contributed by atoms with Crippen LogP contribution in [-0.2, 0) is 0 Å². The standard InChI is InChI=1S/C18H27N3O2/c1-13-4-2-5-15(12-13)20-18(23)19-14-8-10-21(11-9-14)16-6-3-7-17(16)22/h2,4-5,12,14,16-17,22H,3,6-11H2,1H3,(H2,19,20,23)/t16-,17+/m0/s1. The largest absolute Gasteiger partial charge is 0.391 e. The number of carbonyl (C=O) groups excluding carboxylic acids is 1. The van der Waals surface area contributed by atoms with E-state index < -0.39 is 0 Å². The molecule has 1 aliphatic heterocycles. The molecular weight excluding hydrogens is 290 g/mol. The first kappa shape index (κ1) is 16.3. The monoisotopic (exact) mass is 317 g/mol. The highest BCUT2D eigenvalue weighted by molar-refractivity contribution is 5.89. The summed E-state index contributed by atoms with van der Waals surface area (Å²) in [6, 6.07) is 8.23. The summed E-state index contributed by atoms with van der Waals surface area (Å²) in [6.45, 7) is 3.92. The fraction of sp³-hybridized carbons (Fsp3) is 0.611. The number of urea groups is 1. The van der Waals surface area contributed by atoms with E-state index in [1.165, 1.54) is 0 Å². The molecule has 126 valence electrons. The topological polar surface area (TPSA) is 64.6 Å². The minimum absolute atomic E-state index is 0.130. The number of nitrogens with zero attached hydrogens (tertiary/aromatic N) is 1. The second kappa shape index (κ2) is 7.32. The fourth-order valence-corrected chi connectivity index (χ4v) is 3.80. The van der Waals surface area contributed by atoms with Crippen molar-refractivity contribution in [3.8, 4) is 0 Å². The lowest BCUT2D eigenvalue weighted by Crippen LogP contribution is -2.50. The number of benzene rings is 1. The Labute approximate surface area is 138 Å². The van der Waals surface area contributed by atoms with Crippen molar-refractivity contribution in [1.82, 2.24) is 10.2 Å². The quantitative estimate of drug-likeness (QED) is 0.802. The number of aliphatic hydroxyl groups is 1. The zero-order valence-corrected chi connectivity index (χ0v) is 13.8. The second-order valence-corrected chi connectivity index (χ2v) is 6.84. The number of hydrogen-bond acceptors (Lipinski definition) is 3. The molecule has 0 unspecified atom stereocenters. The molecule has 1 saturated heterocycles. The minimum Gasteiger partial charge on any atom is -0.391 e. The third-order valence-electron chi connectivity index (χ3n) is 5.05. The second-order valence-electron chi connectivity index (χ2n) is 6.84. The number of aryl methyl sites for hydroxylation is 1. The van der Waals surface area contributed by atoms with Gasteiger partial charge in [0.25, 0.3) is 0 Å². The van der Waals surface area contributed by atoms with Gasteiger partial charge in [0, 0.05) is 30.9 Å². The van der Waals surface area contributed by atoms with Crippen LogP contribution in [0.5, 0.6) is 0 Å². The number of anilines is 1. The van der Waals surface area contributed by atoms with E-state index in [-0.39, 0.29) is 18.2 Å². The number of amides is 2. The lowest BCUT2D eigenvalue weighted by Gasteiger charge is -2.37. The van der Waals surface area contributed by atoms with Crippen molar-refractivity contribution < 1.29 is 9.90 Å². The molecule has 0 bridgehead atoms. The number of rotatable bonds is 3. The van der Waals surface area contributed by atoms with Crippen LogP contribution in [-0.4, -0.2) is 47.3 Å². The predicted octanol–water partition coefficient (Wildman–Crippen LogP) is 2.49. The van der Waals surface area contributed by atoms with E-state index >= 15 is 0 Å². The summed E-state index contributed by atoms with van der Waals surface area (Å²) in [6.07, 6.45) is 4.90. The molecule has 23 heavy (non-hydrogen) atoms. The van der Waals surface area contributed by atoms with Gasteiger partial charge in [-0.05, 0) is 56.7 Å². The molecule has 3 rings (SSSR count).